The number of H-pyrrole nitrogens is 1. The van der Waals surface area contributed by atoms with Crippen LogP contribution < -0.4 is 5.32 Å². The van der Waals surface area contributed by atoms with Crippen LogP contribution in [0.15, 0.2) is 54.9 Å². The van der Waals surface area contributed by atoms with Crippen molar-refractivity contribution in [3.8, 4) is 11.4 Å². The van der Waals surface area contributed by atoms with Gasteiger partial charge >= 0.3 is 0 Å². The summed E-state index contributed by atoms with van der Waals surface area (Å²) in [4.78, 5) is 27.0. The molecule has 126 valence electrons. The summed E-state index contributed by atoms with van der Waals surface area (Å²) >= 11 is 0. The lowest BCUT2D eigenvalue weighted by atomic mass is 10.1. The summed E-state index contributed by atoms with van der Waals surface area (Å²) in [5.41, 5.74) is 1.86. The third-order valence-electron chi connectivity index (χ3n) is 3.74. The molecule has 25 heavy (non-hydrogen) atoms. The molecule has 0 aliphatic heterocycles. The lowest BCUT2D eigenvalue weighted by Gasteiger charge is -2.14. The molecule has 3 aromatic rings. The zero-order valence-corrected chi connectivity index (χ0v) is 13.3. The Morgan fingerprint density at radius 3 is 2.76 bits per heavy atom. The average molecular weight is 337 g/mol. The lowest BCUT2D eigenvalue weighted by Crippen LogP contribution is -2.26. The van der Waals surface area contributed by atoms with Crippen molar-refractivity contribution >= 4 is 11.6 Å². The minimum Gasteiger partial charge on any atom is -0.346 e. The van der Waals surface area contributed by atoms with Gasteiger partial charge in [0.2, 0.25) is 0 Å². The Bertz CT molecular complexity index is 908. The highest BCUT2D eigenvalue weighted by atomic mass is 16.6. The van der Waals surface area contributed by atoms with Gasteiger partial charge in [-0.2, -0.15) is 5.10 Å². The quantitative estimate of drug-likeness (QED) is 0.549. The molecule has 8 heteroatoms. The van der Waals surface area contributed by atoms with Crippen LogP contribution in [0.1, 0.15) is 28.9 Å². The second-order valence-electron chi connectivity index (χ2n) is 5.46. The number of benzene rings is 2. The Hall–Kier alpha value is -3.55. The van der Waals surface area contributed by atoms with Crippen LogP contribution in [0.5, 0.6) is 0 Å². The standard InChI is InChI=1S/C17H15N5O3/c1-11(12-4-3-7-15(9-12)22(24)25)20-17(23)14-6-2-5-13(8-14)16-18-10-19-21-16/h2-11H,1H3,(H,20,23)(H,18,19,21). The van der Waals surface area contributed by atoms with E-state index in [0.29, 0.717) is 17.0 Å². The average Bonchev–Trinajstić information content (AvgIpc) is 3.16. The van der Waals surface area contributed by atoms with Crippen molar-refractivity contribution in [2.75, 3.05) is 0 Å². The highest BCUT2D eigenvalue weighted by Crippen LogP contribution is 2.20. The summed E-state index contributed by atoms with van der Waals surface area (Å²) in [6.45, 7) is 1.78. The molecule has 1 unspecified atom stereocenters. The zero-order valence-electron chi connectivity index (χ0n) is 13.3. The molecule has 0 radical (unpaired) electrons. The molecule has 8 nitrogen and oxygen atoms in total. The van der Waals surface area contributed by atoms with Crippen LogP contribution in [0.4, 0.5) is 5.69 Å². The number of nitrogens with zero attached hydrogens (tertiary/aromatic N) is 3. The fourth-order valence-corrected chi connectivity index (χ4v) is 2.42. The molecule has 2 aromatic carbocycles. The molecule has 0 aliphatic carbocycles. The third-order valence-corrected chi connectivity index (χ3v) is 3.74. The number of amides is 1. The van der Waals surface area contributed by atoms with Crippen molar-refractivity contribution in [1.82, 2.24) is 20.5 Å². The lowest BCUT2D eigenvalue weighted by molar-refractivity contribution is -0.384. The minimum absolute atomic E-state index is 0.00841. The minimum atomic E-state index is -0.459. The fourth-order valence-electron chi connectivity index (χ4n) is 2.42. The van der Waals surface area contributed by atoms with Crippen molar-refractivity contribution in [1.29, 1.82) is 0 Å². The van der Waals surface area contributed by atoms with Crippen LogP contribution in [0.25, 0.3) is 11.4 Å². The highest BCUT2D eigenvalue weighted by molar-refractivity contribution is 5.95. The molecular weight excluding hydrogens is 322 g/mol. The summed E-state index contributed by atoms with van der Waals surface area (Å²) in [5, 5.41) is 20.3. The number of carbonyl (C=O) groups is 1. The number of hydrogen-bond acceptors (Lipinski definition) is 5. The van der Waals surface area contributed by atoms with Gasteiger partial charge in [-0.05, 0) is 24.6 Å². The normalized spacial score (nSPS) is 11.7. The molecule has 0 fully saturated rings. The number of nitrogens with one attached hydrogen (secondary N) is 2. The van der Waals surface area contributed by atoms with E-state index in [2.05, 4.69) is 20.5 Å². The molecule has 1 amide bonds. The molecule has 0 saturated heterocycles. The summed E-state index contributed by atoms with van der Waals surface area (Å²) < 4.78 is 0. The molecule has 0 saturated carbocycles. The van der Waals surface area contributed by atoms with Crippen molar-refractivity contribution in [2.24, 2.45) is 0 Å². The Kier molecular flexibility index (Phi) is 4.51. The van der Waals surface area contributed by atoms with Gasteiger partial charge in [0, 0.05) is 23.3 Å². The van der Waals surface area contributed by atoms with Crippen LogP contribution in [0.3, 0.4) is 0 Å². The van der Waals surface area contributed by atoms with Gasteiger partial charge in [0.25, 0.3) is 11.6 Å². The highest BCUT2D eigenvalue weighted by Gasteiger charge is 2.15. The summed E-state index contributed by atoms with van der Waals surface area (Å²) in [6.07, 6.45) is 1.40. The van der Waals surface area contributed by atoms with Gasteiger partial charge in [0.1, 0.15) is 6.33 Å². The topological polar surface area (TPSA) is 114 Å². The summed E-state index contributed by atoms with van der Waals surface area (Å²) in [5.74, 6) is 0.293. The SMILES string of the molecule is CC(NC(=O)c1cccc(-c2ncn[nH]2)c1)c1cccc([N+](=O)[O-])c1. The summed E-state index contributed by atoms with van der Waals surface area (Å²) in [6, 6.07) is 12.8. The fraction of sp³-hybridized carbons (Fsp3) is 0.118. The monoisotopic (exact) mass is 337 g/mol. The van der Waals surface area contributed by atoms with Gasteiger partial charge in [-0.15, -0.1) is 0 Å². The van der Waals surface area contributed by atoms with E-state index >= 15 is 0 Å². The molecule has 0 spiro atoms. The van der Waals surface area contributed by atoms with Crippen LogP contribution in [0.2, 0.25) is 0 Å². The van der Waals surface area contributed by atoms with E-state index < -0.39 is 4.92 Å². The van der Waals surface area contributed by atoms with E-state index in [9.17, 15) is 14.9 Å². The molecule has 0 bridgehead atoms. The predicted octanol–water partition coefficient (Wildman–Crippen LogP) is 2.87. The molecule has 1 aromatic heterocycles. The molecule has 1 heterocycles. The number of hydrogen-bond donors (Lipinski definition) is 2. The van der Waals surface area contributed by atoms with E-state index in [1.165, 1.54) is 18.5 Å². The van der Waals surface area contributed by atoms with E-state index in [-0.39, 0.29) is 17.6 Å². The molecule has 2 N–H and O–H groups in total. The van der Waals surface area contributed by atoms with Crippen molar-refractivity contribution in [2.45, 2.75) is 13.0 Å². The van der Waals surface area contributed by atoms with Crippen molar-refractivity contribution in [3.63, 3.8) is 0 Å². The number of aromatic nitrogens is 3. The van der Waals surface area contributed by atoms with Gasteiger partial charge in [-0.1, -0.05) is 24.3 Å². The second-order valence-corrected chi connectivity index (χ2v) is 5.46. The van der Waals surface area contributed by atoms with Crippen molar-refractivity contribution < 1.29 is 9.72 Å². The van der Waals surface area contributed by atoms with Gasteiger partial charge in [-0.25, -0.2) is 4.98 Å². The van der Waals surface area contributed by atoms with E-state index in [1.54, 1.807) is 37.3 Å². The first kappa shape index (κ1) is 16.3. The Morgan fingerprint density at radius 2 is 2.04 bits per heavy atom. The number of rotatable bonds is 5. The van der Waals surface area contributed by atoms with E-state index in [0.717, 1.165) is 5.56 Å². The van der Waals surface area contributed by atoms with Gasteiger partial charge < -0.3 is 5.32 Å². The Balaban J connectivity index is 1.77. The van der Waals surface area contributed by atoms with Crippen LogP contribution >= 0.6 is 0 Å². The number of nitro benzene ring substituents is 1. The third kappa shape index (κ3) is 3.69. The number of non-ortho nitro benzene ring substituents is 1. The second kappa shape index (κ2) is 6.91. The molecular formula is C17H15N5O3. The first-order chi connectivity index (χ1) is 12.0. The molecule has 0 aliphatic rings. The number of aromatic amines is 1. The van der Waals surface area contributed by atoms with Crippen molar-refractivity contribution in [3.05, 3.63) is 76.1 Å². The molecule has 3 rings (SSSR count). The van der Waals surface area contributed by atoms with E-state index in [4.69, 9.17) is 0 Å². The maximum atomic E-state index is 12.5. The Labute approximate surface area is 143 Å². The maximum Gasteiger partial charge on any atom is 0.269 e. The smallest absolute Gasteiger partial charge is 0.269 e. The summed E-state index contributed by atoms with van der Waals surface area (Å²) in [7, 11) is 0. The van der Waals surface area contributed by atoms with Gasteiger partial charge in [-0.3, -0.25) is 20.0 Å². The first-order valence-corrected chi connectivity index (χ1v) is 7.55. The van der Waals surface area contributed by atoms with E-state index in [1.807, 2.05) is 6.07 Å². The van der Waals surface area contributed by atoms with Crippen LogP contribution in [0, 0.1) is 10.1 Å². The molecule has 1 atom stereocenters. The Morgan fingerprint density at radius 1 is 1.24 bits per heavy atom. The van der Waals surface area contributed by atoms with Gasteiger partial charge in [0.05, 0.1) is 11.0 Å². The first-order valence-electron chi connectivity index (χ1n) is 7.55. The largest absolute Gasteiger partial charge is 0.346 e. The maximum absolute atomic E-state index is 12.5. The van der Waals surface area contributed by atoms with Gasteiger partial charge in [0.15, 0.2) is 5.82 Å². The number of nitro groups is 1. The van der Waals surface area contributed by atoms with Crippen LogP contribution in [-0.2, 0) is 0 Å². The number of carbonyl (C=O) groups excluding carboxylic acids is 1. The van der Waals surface area contributed by atoms with Crippen LogP contribution in [-0.4, -0.2) is 26.0 Å². The zero-order chi connectivity index (χ0) is 17.8. The predicted molar refractivity (Wildman–Crippen MR) is 90.8 cm³/mol.